The smallest absolute Gasteiger partial charge is 0.241 e. The highest BCUT2D eigenvalue weighted by molar-refractivity contribution is 5.84. The van der Waals surface area contributed by atoms with E-state index in [4.69, 9.17) is 4.74 Å². The van der Waals surface area contributed by atoms with E-state index in [-0.39, 0.29) is 18.1 Å². The normalized spacial score (nSPS) is 22.1. The lowest BCUT2D eigenvalue weighted by molar-refractivity contribution is -0.129. The van der Waals surface area contributed by atoms with Crippen molar-refractivity contribution in [1.82, 2.24) is 10.2 Å². The monoisotopic (exact) mass is 290 g/mol. The van der Waals surface area contributed by atoms with Gasteiger partial charge in [-0.3, -0.25) is 10.1 Å². The van der Waals surface area contributed by atoms with Crippen LogP contribution >= 0.6 is 0 Å². The van der Waals surface area contributed by atoms with Crippen LogP contribution in [0.2, 0.25) is 0 Å². The number of carbonyl (C=O) groups is 1. The summed E-state index contributed by atoms with van der Waals surface area (Å²) in [4.78, 5) is 14.1. The van der Waals surface area contributed by atoms with Crippen LogP contribution in [0.4, 0.5) is 0 Å². The van der Waals surface area contributed by atoms with E-state index >= 15 is 0 Å². The fourth-order valence-electron chi connectivity index (χ4n) is 2.67. The third-order valence-corrected chi connectivity index (χ3v) is 3.77. The van der Waals surface area contributed by atoms with Crippen molar-refractivity contribution in [2.24, 2.45) is 5.92 Å². The second-order valence-corrected chi connectivity index (χ2v) is 6.12. The summed E-state index contributed by atoms with van der Waals surface area (Å²) in [6.07, 6.45) is 1.83. The first-order chi connectivity index (χ1) is 10.0. The van der Waals surface area contributed by atoms with Crippen molar-refractivity contribution in [3.05, 3.63) is 29.8 Å². The molecule has 2 atom stereocenters. The first-order valence-electron chi connectivity index (χ1n) is 7.78. The van der Waals surface area contributed by atoms with Crippen LogP contribution in [0.25, 0.3) is 0 Å². The van der Waals surface area contributed by atoms with E-state index in [1.54, 1.807) is 4.90 Å². The van der Waals surface area contributed by atoms with Crippen molar-refractivity contribution in [1.29, 1.82) is 0 Å². The van der Waals surface area contributed by atoms with Crippen LogP contribution in [0.15, 0.2) is 24.3 Å². The number of hydrogen-bond acceptors (Lipinski definition) is 3. The molecular formula is C17H26N2O2. The topological polar surface area (TPSA) is 41.6 Å². The van der Waals surface area contributed by atoms with Crippen molar-refractivity contribution in [2.75, 3.05) is 13.7 Å². The number of rotatable bonds is 6. The van der Waals surface area contributed by atoms with E-state index in [9.17, 15) is 4.79 Å². The van der Waals surface area contributed by atoms with Crippen LogP contribution in [0.5, 0.6) is 5.75 Å². The summed E-state index contributed by atoms with van der Waals surface area (Å²) in [7, 11) is 1.86. The van der Waals surface area contributed by atoms with Crippen molar-refractivity contribution in [3.8, 4) is 5.75 Å². The van der Waals surface area contributed by atoms with Crippen LogP contribution < -0.4 is 10.1 Å². The standard InChI is InChI=1S/C17H26N2O2/c1-5-10-21-14-8-6-13(7-9-14)16-18-15(11-12(2)3)17(20)19(16)4/h6-9,12,15-16,18H,5,10-11H2,1-4H3. The first-order valence-corrected chi connectivity index (χ1v) is 7.78. The molecule has 1 N–H and O–H groups in total. The quantitative estimate of drug-likeness (QED) is 0.876. The molecule has 0 saturated carbocycles. The van der Waals surface area contributed by atoms with Gasteiger partial charge in [-0.25, -0.2) is 0 Å². The van der Waals surface area contributed by atoms with E-state index in [1.807, 2.05) is 31.3 Å². The molecule has 2 unspecified atom stereocenters. The highest BCUT2D eigenvalue weighted by Crippen LogP contribution is 2.27. The summed E-state index contributed by atoms with van der Waals surface area (Å²) in [6.45, 7) is 7.10. The predicted molar refractivity (Wildman–Crippen MR) is 84.1 cm³/mol. The van der Waals surface area contributed by atoms with Gasteiger partial charge in [0.15, 0.2) is 0 Å². The van der Waals surface area contributed by atoms with E-state index in [1.165, 1.54) is 0 Å². The summed E-state index contributed by atoms with van der Waals surface area (Å²) in [6, 6.07) is 7.94. The van der Waals surface area contributed by atoms with Gasteiger partial charge in [0.1, 0.15) is 11.9 Å². The average Bonchev–Trinajstić information content (AvgIpc) is 2.73. The van der Waals surface area contributed by atoms with Gasteiger partial charge in [0.25, 0.3) is 0 Å². The Morgan fingerprint density at radius 1 is 1.29 bits per heavy atom. The molecule has 4 nitrogen and oxygen atoms in total. The summed E-state index contributed by atoms with van der Waals surface area (Å²) < 4.78 is 5.59. The predicted octanol–water partition coefficient (Wildman–Crippen LogP) is 2.95. The maximum Gasteiger partial charge on any atom is 0.241 e. The number of amides is 1. The van der Waals surface area contributed by atoms with Gasteiger partial charge in [0.05, 0.1) is 12.6 Å². The Bertz CT molecular complexity index is 470. The molecule has 1 aliphatic heterocycles. The Kier molecular flexibility index (Phi) is 5.23. The van der Waals surface area contributed by atoms with Crippen LogP contribution in [0.1, 0.15) is 45.3 Å². The number of likely N-dealkylation sites (N-methyl/N-ethyl adjacent to an activating group) is 1. The zero-order valence-corrected chi connectivity index (χ0v) is 13.4. The molecule has 2 rings (SSSR count). The number of ether oxygens (including phenoxy) is 1. The highest BCUT2D eigenvalue weighted by atomic mass is 16.5. The summed E-state index contributed by atoms with van der Waals surface area (Å²) in [5.41, 5.74) is 1.10. The molecule has 0 bridgehead atoms. The molecule has 0 radical (unpaired) electrons. The molecule has 21 heavy (non-hydrogen) atoms. The minimum Gasteiger partial charge on any atom is -0.494 e. The van der Waals surface area contributed by atoms with Gasteiger partial charge in [-0.1, -0.05) is 32.9 Å². The molecule has 0 spiro atoms. The molecule has 116 valence electrons. The van der Waals surface area contributed by atoms with Gasteiger partial charge in [-0.15, -0.1) is 0 Å². The van der Waals surface area contributed by atoms with Gasteiger partial charge < -0.3 is 9.64 Å². The SMILES string of the molecule is CCCOc1ccc(C2NC(CC(C)C)C(=O)N2C)cc1. The van der Waals surface area contributed by atoms with E-state index in [2.05, 4.69) is 26.1 Å². The van der Waals surface area contributed by atoms with Crippen LogP contribution in [-0.2, 0) is 4.79 Å². The Morgan fingerprint density at radius 3 is 2.52 bits per heavy atom. The lowest BCUT2D eigenvalue weighted by atomic mass is 10.0. The minimum atomic E-state index is -0.0731. The molecule has 1 saturated heterocycles. The second-order valence-electron chi connectivity index (χ2n) is 6.12. The van der Waals surface area contributed by atoms with Crippen molar-refractivity contribution in [2.45, 2.75) is 45.8 Å². The maximum atomic E-state index is 12.3. The van der Waals surface area contributed by atoms with Gasteiger partial charge in [-0.2, -0.15) is 0 Å². The number of benzene rings is 1. The summed E-state index contributed by atoms with van der Waals surface area (Å²) in [5.74, 6) is 1.56. The molecular weight excluding hydrogens is 264 g/mol. The van der Waals surface area contributed by atoms with Gasteiger partial charge in [0.2, 0.25) is 5.91 Å². The zero-order valence-electron chi connectivity index (χ0n) is 13.4. The lowest BCUT2D eigenvalue weighted by Gasteiger charge is -2.20. The molecule has 1 aromatic carbocycles. The maximum absolute atomic E-state index is 12.3. The van der Waals surface area contributed by atoms with Crippen LogP contribution in [0, 0.1) is 5.92 Å². The minimum absolute atomic E-state index is 0.0403. The van der Waals surface area contributed by atoms with E-state index < -0.39 is 0 Å². The van der Waals surface area contributed by atoms with Gasteiger partial charge >= 0.3 is 0 Å². The number of hydrogen-bond donors (Lipinski definition) is 1. The molecule has 1 fully saturated rings. The third kappa shape index (κ3) is 3.76. The molecule has 0 aromatic heterocycles. The molecule has 4 heteroatoms. The Labute approximate surface area is 127 Å². The summed E-state index contributed by atoms with van der Waals surface area (Å²) >= 11 is 0. The molecule has 1 heterocycles. The van der Waals surface area contributed by atoms with Crippen LogP contribution in [0.3, 0.4) is 0 Å². The summed E-state index contributed by atoms with van der Waals surface area (Å²) in [5, 5.41) is 3.44. The van der Waals surface area contributed by atoms with Crippen molar-refractivity contribution in [3.63, 3.8) is 0 Å². The fourth-order valence-corrected chi connectivity index (χ4v) is 2.67. The Hall–Kier alpha value is -1.55. The largest absolute Gasteiger partial charge is 0.494 e. The second kappa shape index (κ2) is 6.94. The van der Waals surface area contributed by atoms with E-state index in [0.29, 0.717) is 5.92 Å². The fraction of sp³-hybridized carbons (Fsp3) is 0.588. The number of nitrogens with one attached hydrogen (secondary N) is 1. The molecule has 1 amide bonds. The Balaban J connectivity index is 2.06. The molecule has 1 aromatic rings. The van der Waals surface area contributed by atoms with Crippen molar-refractivity contribution < 1.29 is 9.53 Å². The molecule has 1 aliphatic rings. The molecule has 0 aliphatic carbocycles. The first kappa shape index (κ1) is 15.8. The lowest BCUT2D eigenvalue weighted by Crippen LogP contribution is -2.30. The van der Waals surface area contributed by atoms with E-state index in [0.717, 1.165) is 30.8 Å². The van der Waals surface area contributed by atoms with Crippen LogP contribution in [-0.4, -0.2) is 30.5 Å². The van der Waals surface area contributed by atoms with Gasteiger partial charge in [-0.05, 0) is 36.5 Å². The average molecular weight is 290 g/mol. The Morgan fingerprint density at radius 2 is 1.95 bits per heavy atom. The van der Waals surface area contributed by atoms with Crippen molar-refractivity contribution >= 4 is 5.91 Å². The van der Waals surface area contributed by atoms with Gasteiger partial charge in [0, 0.05) is 7.05 Å². The highest BCUT2D eigenvalue weighted by Gasteiger charge is 2.37. The third-order valence-electron chi connectivity index (χ3n) is 3.77. The zero-order chi connectivity index (χ0) is 15.4. The number of nitrogens with zero attached hydrogens (tertiary/aromatic N) is 1. The number of carbonyl (C=O) groups excluding carboxylic acids is 1.